The second-order valence-electron chi connectivity index (χ2n) is 4.05. The van der Waals surface area contributed by atoms with Gasteiger partial charge in [-0.05, 0) is 19.4 Å². The Balaban J connectivity index is 2.09. The van der Waals surface area contributed by atoms with Crippen LogP contribution in [0.15, 0.2) is 28.7 Å². The molecule has 0 N–H and O–H groups in total. The number of hydrogen-bond acceptors (Lipinski definition) is 2. The summed E-state index contributed by atoms with van der Waals surface area (Å²) in [6, 6.07) is 8.11. The van der Waals surface area contributed by atoms with E-state index in [1.807, 2.05) is 18.2 Å². The lowest BCUT2D eigenvalue weighted by Crippen LogP contribution is -1.94. The fourth-order valence-corrected chi connectivity index (χ4v) is 1.77. The average Bonchev–Trinajstić information content (AvgIpc) is 2.63. The lowest BCUT2D eigenvalue weighted by Gasteiger charge is -2.00. The van der Waals surface area contributed by atoms with Gasteiger partial charge >= 0.3 is 0 Å². The predicted molar refractivity (Wildman–Crippen MR) is 65.5 cm³/mol. The van der Waals surface area contributed by atoms with Crippen LogP contribution in [0.5, 0.6) is 0 Å². The molecule has 0 aliphatic carbocycles. The molecule has 86 valence electrons. The molecule has 0 bridgehead atoms. The quantitative estimate of drug-likeness (QED) is 0.706. The van der Waals surface area contributed by atoms with Gasteiger partial charge in [-0.15, -0.1) is 0 Å². The van der Waals surface area contributed by atoms with Gasteiger partial charge < -0.3 is 9.15 Å². The van der Waals surface area contributed by atoms with E-state index >= 15 is 0 Å². The van der Waals surface area contributed by atoms with Gasteiger partial charge in [0.2, 0.25) is 0 Å². The van der Waals surface area contributed by atoms with Crippen molar-refractivity contribution in [2.24, 2.45) is 0 Å². The van der Waals surface area contributed by atoms with Crippen molar-refractivity contribution in [3.63, 3.8) is 0 Å². The van der Waals surface area contributed by atoms with Crippen LogP contribution in [-0.4, -0.2) is 6.61 Å². The molecule has 0 aliphatic heterocycles. The van der Waals surface area contributed by atoms with E-state index in [9.17, 15) is 0 Å². The molecule has 1 aromatic heterocycles. The zero-order chi connectivity index (χ0) is 11.4. The molecule has 0 atom stereocenters. The summed E-state index contributed by atoms with van der Waals surface area (Å²) in [5.41, 5.74) is 2.15. The summed E-state index contributed by atoms with van der Waals surface area (Å²) in [5, 5.41) is 1.19. The summed E-state index contributed by atoms with van der Waals surface area (Å²) < 4.78 is 11.3. The highest BCUT2D eigenvalue weighted by Gasteiger charge is 2.09. The zero-order valence-electron chi connectivity index (χ0n) is 9.95. The van der Waals surface area contributed by atoms with Crippen LogP contribution in [0, 0.1) is 6.92 Å². The van der Waals surface area contributed by atoms with Gasteiger partial charge in [0.15, 0.2) is 0 Å². The molecule has 0 aliphatic rings. The highest BCUT2D eigenvalue weighted by Crippen LogP contribution is 2.25. The van der Waals surface area contributed by atoms with E-state index < -0.39 is 0 Å². The molecule has 2 rings (SSSR count). The number of ether oxygens (including phenoxy) is 1. The molecule has 0 amide bonds. The number of furan rings is 1. The van der Waals surface area contributed by atoms with E-state index in [1.54, 1.807) is 0 Å². The number of unbranched alkanes of at least 4 members (excludes halogenated alkanes) is 1. The third-order valence-electron chi connectivity index (χ3n) is 2.82. The van der Waals surface area contributed by atoms with Gasteiger partial charge in [-0.1, -0.05) is 31.5 Å². The third-order valence-corrected chi connectivity index (χ3v) is 2.82. The Labute approximate surface area is 96.2 Å². The topological polar surface area (TPSA) is 22.4 Å². The van der Waals surface area contributed by atoms with E-state index in [4.69, 9.17) is 9.15 Å². The van der Waals surface area contributed by atoms with Gasteiger partial charge in [0, 0.05) is 17.6 Å². The second kappa shape index (κ2) is 5.17. The Morgan fingerprint density at radius 2 is 2.06 bits per heavy atom. The molecular weight excluding hydrogens is 200 g/mol. The number of aryl methyl sites for hydroxylation is 1. The lowest BCUT2D eigenvalue weighted by molar-refractivity contribution is 0.104. The Morgan fingerprint density at radius 3 is 2.81 bits per heavy atom. The van der Waals surface area contributed by atoms with E-state index in [2.05, 4.69) is 19.9 Å². The Kier molecular flexibility index (Phi) is 3.62. The highest BCUT2D eigenvalue weighted by atomic mass is 16.5. The van der Waals surface area contributed by atoms with Crippen molar-refractivity contribution in [2.45, 2.75) is 33.3 Å². The minimum Gasteiger partial charge on any atom is -0.458 e. The normalized spacial score (nSPS) is 11.1. The van der Waals surface area contributed by atoms with Crippen LogP contribution in [0.25, 0.3) is 11.0 Å². The van der Waals surface area contributed by atoms with Crippen molar-refractivity contribution in [2.75, 3.05) is 6.61 Å². The van der Waals surface area contributed by atoms with Gasteiger partial charge in [0.1, 0.15) is 18.0 Å². The molecule has 1 heterocycles. The van der Waals surface area contributed by atoms with Crippen molar-refractivity contribution in [3.05, 3.63) is 35.6 Å². The summed E-state index contributed by atoms with van der Waals surface area (Å²) in [6.45, 7) is 5.65. The molecule has 16 heavy (non-hydrogen) atoms. The monoisotopic (exact) mass is 218 g/mol. The van der Waals surface area contributed by atoms with Crippen molar-refractivity contribution in [3.8, 4) is 0 Å². The molecule has 1 aromatic carbocycles. The van der Waals surface area contributed by atoms with Crippen LogP contribution in [0.1, 0.15) is 31.1 Å². The van der Waals surface area contributed by atoms with Crippen LogP contribution < -0.4 is 0 Å². The number of fused-ring (bicyclic) bond motifs is 1. The standard InChI is InChI=1S/C14H18O2/c1-3-4-9-15-10-14-11(2)12-7-5-6-8-13(12)16-14/h5-8H,3-4,9-10H2,1-2H3. The summed E-state index contributed by atoms with van der Waals surface area (Å²) in [7, 11) is 0. The predicted octanol–water partition coefficient (Wildman–Crippen LogP) is 4.06. The van der Waals surface area contributed by atoms with Gasteiger partial charge in [0.05, 0.1) is 0 Å². The van der Waals surface area contributed by atoms with Crippen LogP contribution >= 0.6 is 0 Å². The number of hydrogen-bond donors (Lipinski definition) is 0. The molecule has 2 heteroatoms. The minimum absolute atomic E-state index is 0.584. The van der Waals surface area contributed by atoms with Crippen molar-refractivity contribution < 1.29 is 9.15 Å². The first-order valence-corrected chi connectivity index (χ1v) is 5.87. The Bertz CT molecular complexity index is 457. The molecule has 0 saturated carbocycles. The van der Waals surface area contributed by atoms with Gasteiger partial charge in [0.25, 0.3) is 0 Å². The molecule has 0 unspecified atom stereocenters. The van der Waals surface area contributed by atoms with E-state index in [0.29, 0.717) is 6.61 Å². The van der Waals surface area contributed by atoms with Crippen LogP contribution in [-0.2, 0) is 11.3 Å². The van der Waals surface area contributed by atoms with Crippen molar-refractivity contribution in [1.82, 2.24) is 0 Å². The minimum atomic E-state index is 0.584. The van der Waals surface area contributed by atoms with Crippen LogP contribution in [0.2, 0.25) is 0 Å². The van der Waals surface area contributed by atoms with Crippen LogP contribution in [0.3, 0.4) is 0 Å². The fraction of sp³-hybridized carbons (Fsp3) is 0.429. The Morgan fingerprint density at radius 1 is 1.25 bits per heavy atom. The first-order valence-electron chi connectivity index (χ1n) is 5.87. The van der Waals surface area contributed by atoms with Crippen molar-refractivity contribution in [1.29, 1.82) is 0 Å². The number of benzene rings is 1. The lowest BCUT2D eigenvalue weighted by atomic mass is 10.1. The highest BCUT2D eigenvalue weighted by molar-refractivity contribution is 5.81. The van der Waals surface area contributed by atoms with E-state index in [0.717, 1.165) is 24.4 Å². The molecule has 2 nitrogen and oxygen atoms in total. The number of rotatable bonds is 5. The smallest absolute Gasteiger partial charge is 0.134 e. The summed E-state index contributed by atoms with van der Waals surface area (Å²) in [4.78, 5) is 0. The zero-order valence-corrected chi connectivity index (χ0v) is 9.95. The largest absolute Gasteiger partial charge is 0.458 e. The maximum atomic E-state index is 5.75. The first kappa shape index (κ1) is 11.2. The molecular formula is C14H18O2. The maximum Gasteiger partial charge on any atom is 0.134 e. The van der Waals surface area contributed by atoms with Crippen LogP contribution in [0.4, 0.5) is 0 Å². The van der Waals surface area contributed by atoms with Gasteiger partial charge in [-0.2, -0.15) is 0 Å². The molecule has 0 saturated heterocycles. The average molecular weight is 218 g/mol. The Hall–Kier alpha value is -1.28. The molecule has 0 spiro atoms. The SMILES string of the molecule is CCCCOCc1oc2ccccc2c1C. The van der Waals surface area contributed by atoms with Crippen molar-refractivity contribution >= 4 is 11.0 Å². The molecule has 0 fully saturated rings. The number of para-hydroxylation sites is 1. The summed E-state index contributed by atoms with van der Waals surface area (Å²) in [5.74, 6) is 0.956. The van der Waals surface area contributed by atoms with Gasteiger partial charge in [-0.3, -0.25) is 0 Å². The molecule has 0 radical (unpaired) electrons. The van der Waals surface area contributed by atoms with Gasteiger partial charge in [-0.25, -0.2) is 0 Å². The fourth-order valence-electron chi connectivity index (χ4n) is 1.77. The maximum absolute atomic E-state index is 5.75. The second-order valence-corrected chi connectivity index (χ2v) is 4.05. The third kappa shape index (κ3) is 2.27. The summed E-state index contributed by atoms with van der Waals surface area (Å²) >= 11 is 0. The van der Waals surface area contributed by atoms with E-state index in [1.165, 1.54) is 17.4 Å². The van der Waals surface area contributed by atoms with E-state index in [-0.39, 0.29) is 0 Å². The molecule has 2 aromatic rings. The first-order chi connectivity index (χ1) is 7.83. The summed E-state index contributed by atoms with van der Waals surface area (Å²) in [6.07, 6.45) is 2.28.